The maximum absolute atomic E-state index is 13.3. The average molecular weight is 555 g/mol. The second-order valence-corrected chi connectivity index (χ2v) is 11.7. The third kappa shape index (κ3) is 4.85. The molecule has 7 heteroatoms. The number of hydrogen-bond donors (Lipinski definition) is 1. The third-order valence-corrected chi connectivity index (χ3v) is 9.18. The van der Waals surface area contributed by atoms with Crippen molar-refractivity contribution in [2.75, 3.05) is 18.0 Å². The van der Waals surface area contributed by atoms with Crippen molar-refractivity contribution in [3.05, 3.63) is 80.8 Å². The Kier molecular flexibility index (Phi) is 7.11. The van der Waals surface area contributed by atoms with Crippen molar-refractivity contribution < 1.29 is 4.79 Å². The standard InChI is InChI=1S/C30H30Cl3N3O/c31-25-8-2-1-7-22(25)23-16-20(15-19-11-13-35(14-12-19)21-5-3-6-21)17-28-24(23)18-34-30(37)36(28)29-26(32)9-4-10-27(29)33/h1-2,4,7-10,16-17,19,21H,3,5-6,11-15,18H2,(H,34,37). The minimum Gasteiger partial charge on any atom is -0.333 e. The Morgan fingerprint density at radius 3 is 2.22 bits per heavy atom. The Morgan fingerprint density at radius 1 is 0.838 bits per heavy atom. The minimum atomic E-state index is -0.237. The Labute approximate surface area is 233 Å². The van der Waals surface area contributed by atoms with Gasteiger partial charge in [0.15, 0.2) is 0 Å². The summed E-state index contributed by atoms with van der Waals surface area (Å²) < 4.78 is 0. The number of rotatable bonds is 5. The van der Waals surface area contributed by atoms with Crippen molar-refractivity contribution in [1.82, 2.24) is 10.2 Å². The molecule has 1 saturated heterocycles. The quantitative estimate of drug-likeness (QED) is 0.343. The summed E-state index contributed by atoms with van der Waals surface area (Å²) >= 11 is 19.9. The zero-order valence-corrected chi connectivity index (χ0v) is 22.9. The molecule has 6 rings (SSSR count). The largest absolute Gasteiger partial charge is 0.333 e. The summed E-state index contributed by atoms with van der Waals surface area (Å²) in [6, 6.07) is 18.2. The van der Waals surface area contributed by atoms with Gasteiger partial charge in [0.2, 0.25) is 0 Å². The Bertz CT molecular complexity index is 1310. The average Bonchev–Trinajstić information content (AvgIpc) is 2.85. The van der Waals surface area contributed by atoms with Crippen LogP contribution in [0.1, 0.15) is 43.2 Å². The SMILES string of the molecule is O=C1NCc2c(-c3ccccc3Cl)cc(CC3CCN(C4CCC4)CC3)cc2N1c1c(Cl)cccc1Cl. The Hall–Kier alpha value is -2.24. The number of nitrogens with zero attached hydrogens (tertiary/aromatic N) is 2. The summed E-state index contributed by atoms with van der Waals surface area (Å²) in [7, 11) is 0. The molecule has 3 aromatic carbocycles. The minimum absolute atomic E-state index is 0.237. The van der Waals surface area contributed by atoms with Gasteiger partial charge in [0.05, 0.1) is 21.4 Å². The van der Waals surface area contributed by atoms with Crippen molar-refractivity contribution in [2.45, 2.75) is 51.1 Å². The number of hydrogen-bond acceptors (Lipinski definition) is 2. The zero-order valence-electron chi connectivity index (χ0n) is 20.7. The van der Waals surface area contributed by atoms with E-state index >= 15 is 0 Å². The highest BCUT2D eigenvalue weighted by Crippen LogP contribution is 2.45. The molecule has 2 amide bonds. The van der Waals surface area contributed by atoms with Crippen molar-refractivity contribution >= 4 is 52.2 Å². The molecule has 0 bridgehead atoms. The number of amides is 2. The van der Waals surface area contributed by atoms with Gasteiger partial charge >= 0.3 is 6.03 Å². The van der Waals surface area contributed by atoms with Crippen LogP contribution in [0.4, 0.5) is 16.2 Å². The number of carbonyl (C=O) groups is 1. The summed E-state index contributed by atoms with van der Waals surface area (Å²) in [6.07, 6.45) is 7.47. The van der Waals surface area contributed by atoms with Gasteiger partial charge in [-0.05, 0) is 86.5 Å². The summed E-state index contributed by atoms with van der Waals surface area (Å²) in [5.41, 5.74) is 5.53. The van der Waals surface area contributed by atoms with Crippen LogP contribution in [0, 0.1) is 5.92 Å². The number of halogens is 3. The zero-order chi connectivity index (χ0) is 25.5. The maximum Gasteiger partial charge on any atom is 0.326 e. The predicted molar refractivity (Wildman–Crippen MR) is 153 cm³/mol. The smallest absolute Gasteiger partial charge is 0.326 e. The van der Waals surface area contributed by atoms with Gasteiger partial charge in [0.25, 0.3) is 0 Å². The van der Waals surface area contributed by atoms with Crippen LogP contribution in [-0.2, 0) is 13.0 Å². The molecule has 1 aliphatic carbocycles. The molecule has 3 aromatic rings. The first-order valence-electron chi connectivity index (χ1n) is 13.2. The van der Waals surface area contributed by atoms with Crippen LogP contribution in [0.25, 0.3) is 11.1 Å². The van der Waals surface area contributed by atoms with Crippen molar-refractivity contribution in [3.63, 3.8) is 0 Å². The number of anilines is 2. The number of urea groups is 1. The normalized spacial score (nSPS) is 18.9. The van der Waals surface area contributed by atoms with Gasteiger partial charge in [-0.3, -0.25) is 4.90 Å². The van der Waals surface area contributed by atoms with Crippen LogP contribution >= 0.6 is 34.8 Å². The molecule has 1 saturated carbocycles. The van der Waals surface area contributed by atoms with E-state index in [0.29, 0.717) is 33.2 Å². The number of fused-ring (bicyclic) bond motifs is 1. The number of para-hydroxylation sites is 1. The van der Waals surface area contributed by atoms with E-state index in [-0.39, 0.29) is 6.03 Å². The first kappa shape index (κ1) is 25.1. The molecule has 0 aromatic heterocycles. The molecule has 0 unspecified atom stereocenters. The fourth-order valence-electron chi connectivity index (χ4n) is 6.02. The van der Waals surface area contributed by atoms with Gasteiger partial charge in [-0.15, -0.1) is 0 Å². The van der Waals surface area contributed by atoms with Crippen LogP contribution in [0.5, 0.6) is 0 Å². The highest BCUT2D eigenvalue weighted by Gasteiger charge is 2.32. The van der Waals surface area contributed by atoms with Crippen molar-refractivity contribution in [2.24, 2.45) is 5.92 Å². The van der Waals surface area contributed by atoms with Gasteiger partial charge in [-0.2, -0.15) is 0 Å². The fourth-order valence-corrected chi connectivity index (χ4v) is 6.83. The second kappa shape index (κ2) is 10.5. The van der Waals surface area contributed by atoms with E-state index in [2.05, 4.69) is 22.3 Å². The molecule has 4 nitrogen and oxygen atoms in total. The topological polar surface area (TPSA) is 35.6 Å². The molecule has 3 aliphatic rings. The van der Waals surface area contributed by atoms with Crippen molar-refractivity contribution in [1.29, 1.82) is 0 Å². The lowest BCUT2D eigenvalue weighted by atomic mass is 9.84. The van der Waals surface area contributed by atoms with E-state index in [1.165, 1.54) is 50.8 Å². The van der Waals surface area contributed by atoms with Gasteiger partial charge in [-0.25, -0.2) is 4.79 Å². The van der Waals surface area contributed by atoms with Gasteiger partial charge in [0.1, 0.15) is 0 Å². The monoisotopic (exact) mass is 553 g/mol. The molecule has 2 aliphatic heterocycles. The number of nitrogens with one attached hydrogen (secondary N) is 1. The molecule has 0 radical (unpaired) electrons. The summed E-state index contributed by atoms with van der Waals surface area (Å²) in [6.45, 7) is 2.77. The number of piperidine rings is 1. The van der Waals surface area contributed by atoms with Gasteiger partial charge < -0.3 is 10.2 Å². The summed E-state index contributed by atoms with van der Waals surface area (Å²) in [4.78, 5) is 17.6. The van der Waals surface area contributed by atoms with Gasteiger partial charge in [0, 0.05) is 28.7 Å². The molecule has 0 spiro atoms. The first-order valence-corrected chi connectivity index (χ1v) is 14.3. The van der Waals surface area contributed by atoms with Crippen LogP contribution in [0.3, 0.4) is 0 Å². The number of likely N-dealkylation sites (tertiary alicyclic amines) is 1. The molecule has 192 valence electrons. The number of benzene rings is 3. The van der Waals surface area contributed by atoms with Gasteiger partial charge in [-0.1, -0.05) is 71.6 Å². The van der Waals surface area contributed by atoms with Crippen LogP contribution in [0.2, 0.25) is 15.1 Å². The van der Waals surface area contributed by atoms with E-state index in [9.17, 15) is 4.79 Å². The lowest BCUT2D eigenvalue weighted by Crippen LogP contribution is -2.45. The Balaban J connectivity index is 1.41. The van der Waals surface area contributed by atoms with E-state index in [0.717, 1.165) is 34.8 Å². The van der Waals surface area contributed by atoms with Crippen LogP contribution < -0.4 is 10.2 Å². The predicted octanol–water partition coefficient (Wildman–Crippen LogP) is 8.48. The third-order valence-electron chi connectivity index (χ3n) is 8.24. The highest BCUT2D eigenvalue weighted by atomic mass is 35.5. The van der Waals surface area contributed by atoms with E-state index < -0.39 is 0 Å². The molecule has 37 heavy (non-hydrogen) atoms. The first-order chi connectivity index (χ1) is 18.0. The van der Waals surface area contributed by atoms with E-state index in [1.54, 1.807) is 23.1 Å². The number of carbonyl (C=O) groups excluding carboxylic acids is 1. The fraction of sp³-hybridized carbons (Fsp3) is 0.367. The molecule has 1 N–H and O–H groups in total. The summed E-state index contributed by atoms with van der Waals surface area (Å²) in [5, 5.41) is 4.58. The lowest BCUT2D eigenvalue weighted by molar-refractivity contribution is 0.0847. The van der Waals surface area contributed by atoms with Crippen molar-refractivity contribution in [3.8, 4) is 11.1 Å². The summed E-state index contributed by atoms with van der Waals surface area (Å²) in [5.74, 6) is 0.614. The highest BCUT2D eigenvalue weighted by molar-refractivity contribution is 6.40. The van der Waals surface area contributed by atoms with Crippen LogP contribution in [0.15, 0.2) is 54.6 Å². The molecule has 2 fully saturated rings. The molecular formula is C30H30Cl3N3O. The lowest BCUT2D eigenvalue weighted by Gasteiger charge is -2.42. The molecule has 0 atom stereocenters. The van der Waals surface area contributed by atoms with E-state index in [4.69, 9.17) is 34.8 Å². The molecule has 2 heterocycles. The molecular weight excluding hydrogens is 525 g/mol. The van der Waals surface area contributed by atoms with Crippen LogP contribution in [-0.4, -0.2) is 30.1 Å². The maximum atomic E-state index is 13.3. The Morgan fingerprint density at radius 2 is 1.54 bits per heavy atom. The second-order valence-electron chi connectivity index (χ2n) is 10.5. The van der Waals surface area contributed by atoms with E-state index in [1.807, 2.05) is 24.3 Å².